The maximum absolute atomic E-state index is 12.9. The van der Waals surface area contributed by atoms with Gasteiger partial charge in [0.25, 0.3) is 5.91 Å². The van der Waals surface area contributed by atoms with Crippen LogP contribution in [0.4, 0.5) is 4.79 Å². The molecule has 1 atom stereocenters. The van der Waals surface area contributed by atoms with Gasteiger partial charge in [-0.1, -0.05) is 23.7 Å². The number of ether oxygens (including phenoxy) is 3. The third-order valence-electron chi connectivity index (χ3n) is 4.59. The number of rotatable bonds is 4. The van der Waals surface area contributed by atoms with Crippen molar-refractivity contribution in [2.75, 3.05) is 13.9 Å². The van der Waals surface area contributed by atoms with E-state index in [1.807, 2.05) is 0 Å². The number of imide groups is 1. The van der Waals surface area contributed by atoms with Gasteiger partial charge in [-0.2, -0.15) is 5.10 Å². The van der Waals surface area contributed by atoms with E-state index in [4.69, 9.17) is 25.8 Å². The normalized spacial score (nSPS) is 20.8. The predicted molar refractivity (Wildman–Crippen MR) is 101 cm³/mol. The van der Waals surface area contributed by atoms with E-state index in [0.717, 1.165) is 5.01 Å². The molecule has 0 radical (unpaired) electrons. The molecule has 144 valence electrons. The van der Waals surface area contributed by atoms with Crippen LogP contribution in [0.3, 0.4) is 0 Å². The van der Waals surface area contributed by atoms with Crippen LogP contribution >= 0.6 is 11.6 Å². The minimum absolute atomic E-state index is 0.0849. The Balaban J connectivity index is 1.61. The number of halogens is 1. The van der Waals surface area contributed by atoms with E-state index in [1.54, 1.807) is 43.3 Å². The highest BCUT2D eigenvalue weighted by Gasteiger charge is 2.49. The van der Waals surface area contributed by atoms with Gasteiger partial charge in [0.15, 0.2) is 11.5 Å². The average molecular weight is 402 g/mol. The van der Waals surface area contributed by atoms with E-state index in [-0.39, 0.29) is 6.79 Å². The number of hydrazone groups is 1. The van der Waals surface area contributed by atoms with Crippen molar-refractivity contribution in [1.29, 1.82) is 0 Å². The number of benzene rings is 2. The standard InChI is InChI=1S/C19H16ClN3O5/c1-19(12-4-3-5-13(8-12)26-2)17(24)23(18(25)22-19)21-9-11-6-14(20)16-15(7-11)27-10-28-16/h3-9H,10H2,1-2H3,(H,22,25)/b21-9-/t19-/m1/s1. The van der Waals surface area contributed by atoms with Crippen molar-refractivity contribution in [3.63, 3.8) is 0 Å². The fourth-order valence-corrected chi connectivity index (χ4v) is 3.32. The van der Waals surface area contributed by atoms with Gasteiger partial charge in [-0.15, -0.1) is 5.01 Å². The van der Waals surface area contributed by atoms with Crippen molar-refractivity contribution in [1.82, 2.24) is 10.3 Å². The second kappa shape index (κ2) is 6.72. The molecule has 0 spiro atoms. The van der Waals surface area contributed by atoms with Gasteiger partial charge in [0.1, 0.15) is 11.3 Å². The van der Waals surface area contributed by atoms with Gasteiger partial charge < -0.3 is 19.5 Å². The Morgan fingerprint density at radius 2 is 2.11 bits per heavy atom. The molecular weight excluding hydrogens is 386 g/mol. The molecule has 2 aromatic rings. The summed E-state index contributed by atoms with van der Waals surface area (Å²) in [6.45, 7) is 1.70. The molecule has 9 heteroatoms. The van der Waals surface area contributed by atoms with E-state index in [2.05, 4.69) is 10.4 Å². The molecule has 28 heavy (non-hydrogen) atoms. The number of nitrogens with one attached hydrogen (secondary N) is 1. The molecule has 0 unspecified atom stereocenters. The largest absolute Gasteiger partial charge is 0.497 e. The topological polar surface area (TPSA) is 89.5 Å². The van der Waals surface area contributed by atoms with Crippen LogP contribution in [0.2, 0.25) is 5.02 Å². The molecule has 1 saturated heterocycles. The van der Waals surface area contributed by atoms with Gasteiger partial charge >= 0.3 is 6.03 Å². The highest BCUT2D eigenvalue weighted by atomic mass is 35.5. The molecule has 2 aromatic carbocycles. The molecule has 2 aliphatic rings. The fourth-order valence-electron chi connectivity index (χ4n) is 3.05. The molecule has 8 nitrogen and oxygen atoms in total. The number of urea groups is 1. The van der Waals surface area contributed by atoms with Crippen LogP contribution in [0.25, 0.3) is 0 Å². The van der Waals surface area contributed by atoms with Crippen molar-refractivity contribution in [2.45, 2.75) is 12.5 Å². The van der Waals surface area contributed by atoms with Crippen LogP contribution in [0.15, 0.2) is 41.5 Å². The monoisotopic (exact) mass is 401 g/mol. The molecule has 0 aromatic heterocycles. The Morgan fingerprint density at radius 3 is 2.89 bits per heavy atom. The lowest BCUT2D eigenvalue weighted by atomic mass is 9.92. The summed E-state index contributed by atoms with van der Waals surface area (Å²) < 4.78 is 15.8. The zero-order valence-electron chi connectivity index (χ0n) is 15.1. The Morgan fingerprint density at radius 1 is 1.29 bits per heavy atom. The minimum atomic E-state index is -1.25. The fraction of sp³-hybridized carbons (Fsp3) is 0.211. The van der Waals surface area contributed by atoms with Crippen molar-refractivity contribution in [3.8, 4) is 17.2 Å². The molecule has 2 aliphatic heterocycles. The summed E-state index contributed by atoms with van der Waals surface area (Å²) in [6, 6.07) is 9.59. The third-order valence-corrected chi connectivity index (χ3v) is 4.87. The zero-order valence-corrected chi connectivity index (χ0v) is 15.8. The smallest absolute Gasteiger partial charge is 0.346 e. The van der Waals surface area contributed by atoms with E-state index in [1.165, 1.54) is 13.3 Å². The maximum atomic E-state index is 12.9. The van der Waals surface area contributed by atoms with Gasteiger partial charge in [0, 0.05) is 0 Å². The number of hydrogen-bond acceptors (Lipinski definition) is 6. The average Bonchev–Trinajstić information content (AvgIpc) is 3.24. The Hall–Kier alpha value is -3.26. The zero-order chi connectivity index (χ0) is 19.9. The van der Waals surface area contributed by atoms with Gasteiger partial charge in [0.05, 0.1) is 18.3 Å². The van der Waals surface area contributed by atoms with Crippen molar-refractivity contribution in [2.24, 2.45) is 5.10 Å². The lowest BCUT2D eigenvalue weighted by molar-refractivity contribution is -0.131. The minimum Gasteiger partial charge on any atom is -0.497 e. The van der Waals surface area contributed by atoms with Crippen LogP contribution < -0.4 is 19.5 Å². The summed E-state index contributed by atoms with van der Waals surface area (Å²) in [7, 11) is 1.53. The van der Waals surface area contributed by atoms with E-state index in [9.17, 15) is 9.59 Å². The first kappa shape index (κ1) is 18.1. The lowest BCUT2D eigenvalue weighted by Crippen LogP contribution is -2.40. The molecule has 0 aliphatic carbocycles. The van der Waals surface area contributed by atoms with Crippen LogP contribution in [0, 0.1) is 0 Å². The second-order valence-corrected chi connectivity index (χ2v) is 6.79. The number of carbonyl (C=O) groups excluding carboxylic acids is 2. The highest BCUT2D eigenvalue weighted by molar-refractivity contribution is 6.32. The summed E-state index contributed by atoms with van der Waals surface area (Å²) in [5.41, 5.74) is -0.103. The summed E-state index contributed by atoms with van der Waals surface area (Å²) in [6.07, 6.45) is 1.36. The summed E-state index contributed by atoms with van der Waals surface area (Å²) >= 11 is 6.14. The third kappa shape index (κ3) is 2.91. The van der Waals surface area contributed by atoms with E-state index in [0.29, 0.717) is 33.4 Å². The highest BCUT2D eigenvalue weighted by Crippen LogP contribution is 2.39. The van der Waals surface area contributed by atoms with Crippen LogP contribution in [0.5, 0.6) is 17.2 Å². The first-order chi connectivity index (χ1) is 13.4. The van der Waals surface area contributed by atoms with Gasteiger partial charge in [-0.3, -0.25) is 4.79 Å². The second-order valence-electron chi connectivity index (χ2n) is 6.39. The maximum Gasteiger partial charge on any atom is 0.346 e. The van der Waals surface area contributed by atoms with Gasteiger partial charge in [0.2, 0.25) is 6.79 Å². The molecule has 2 heterocycles. The summed E-state index contributed by atoms with van der Waals surface area (Å²) in [4.78, 5) is 25.3. The summed E-state index contributed by atoms with van der Waals surface area (Å²) in [5, 5.41) is 7.88. The molecule has 1 fully saturated rings. The number of amides is 3. The molecule has 0 bridgehead atoms. The number of carbonyl (C=O) groups is 2. The Labute approximate surface area is 165 Å². The van der Waals surface area contributed by atoms with Crippen LogP contribution in [-0.2, 0) is 10.3 Å². The number of nitrogens with zero attached hydrogens (tertiary/aromatic N) is 2. The molecule has 1 N–H and O–H groups in total. The van der Waals surface area contributed by atoms with Crippen LogP contribution in [-0.4, -0.2) is 37.1 Å². The Kier molecular flexibility index (Phi) is 4.35. The summed E-state index contributed by atoms with van der Waals surface area (Å²) in [5.74, 6) is 1.01. The van der Waals surface area contributed by atoms with E-state index >= 15 is 0 Å². The number of hydrogen-bond donors (Lipinski definition) is 1. The first-order valence-corrected chi connectivity index (χ1v) is 8.74. The predicted octanol–water partition coefficient (Wildman–Crippen LogP) is 2.88. The van der Waals surface area contributed by atoms with E-state index < -0.39 is 17.5 Å². The lowest BCUT2D eigenvalue weighted by Gasteiger charge is -2.21. The quantitative estimate of drug-likeness (QED) is 0.628. The molecule has 4 rings (SSSR count). The number of fused-ring (bicyclic) bond motifs is 1. The first-order valence-electron chi connectivity index (χ1n) is 8.37. The Bertz CT molecular complexity index is 1010. The molecule has 3 amide bonds. The molecule has 0 saturated carbocycles. The van der Waals surface area contributed by atoms with Gasteiger partial charge in [-0.05, 0) is 42.3 Å². The van der Waals surface area contributed by atoms with Crippen molar-refractivity contribution < 1.29 is 23.8 Å². The molecular formula is C19H16ClN3O5. The van der Waals surface area contributed by atoms with Gasteiger partial charge in [-0.25, -0.2) is 4.79 Å². The number of methoxy groups -OCH3 is 1. The SMILES string of the molecule is COc1cccc([C@@]2(C)NC(=O)N(/N=C\c3cc(Cl)c4c(c3)OCO4)C2=O)c1. The van der Waals surface area contributed by atoms with Crippen molar-refractivity contribution >= 4 is 29.8 Å². The van der Waals surface area contributed by atoms with Crippen LogP contribution in [0.1, 0.15) is 18.1 Å². The van der Waals surface area contributed by atoms with Crippen molar-refractivity contribution in [3.05, 3.63) is 52.5 Å².